The maximum absolute atomic E-state index is 11.1. The van der Waals surface area contributed by atoms with Crippen LogP contribution >= 0.6 is 0 Å². The molecule has 2 aromatic rings. The minimum absolute atomic E-state index is 0.185. The highest BCUT2D eigenvalue weighted by atomic mass is 16.6. The van der Waals surface area contributed by atoms with Gasteiger partial charge in [0.05, 0.1) is 4.92 Å². The van der Waals surface area contributed by atoms with Crippen LogP contribution in [0, 0.1) is 10.1 Å². The van der Waals surface area contributed by atoms with Crippen LogP contribution in [0.3, 0.4) is 0 Å². The van der Waals surface area contributed by atoms with Crippen molar-refractivity contribution < 1.29 is 4.92 Å². The Hall–Kier alpha value is -2.74. The van der Waals surface area contributed by atoms with Gasteiger partial charge < -0.3 is 10.2 Å². The van der Waals surface area contributed by atoms with Gasteiger partial charge >= 0.3 is 0 Å². The van der Waals surface area contributed by atoms with E-state index in [2.05, 4.69) is 20.2 Å². The van der Waals surface area contributed by atoms with Gasteiger partial charge in [-0.25, -0.2) is 9.97 Å². The lowest BCUT2D eigenvalue weighted by Gasteiger charge is -2.18. The van der Waals surface area contributed by atoms with E-state index in [9.17, 15) is 10.1 Å². The van der Waals surface area contributed by atoms with Gasteiger partial charge in [0.1, 0.15) is 18.0 Å². The number of para-hydroxylation sites is 1. The molecule has 8 nitrogen and oxygen atoms in total. The van der Waals surface area contributed by atoms with Gasteiger partial charge in [0.2, 0.25) is 0 Å². The van der Waals surface area contributed by atoms with Gasteiger partial charge in [0.15, 0.2) is 0 Å². The number of hydrogen-bond donors (Lipinski definition) is 1. The van der Waals surface area contributed by atoms with Gasteiger partial charge in [0, 0.05) is 57.5 Å². The lowest BCUT2D eigenvalue weighted by atomic mass is 10.1. The molecule has 0 radical (unpaired) electrons. The van der Waals surface area contributed by atoms with E-state index in [0.717, 1.165) is 36.7 Å². The van der Waals surface area contributed by atoms with Crippen LogP contribution in [-0.2, 0) is 6.54 Å². The van der Waals surface area contributed by atoms with Gasteiger partial charge in [-0.05, 0) is 6.42 Å². The minimum atomic E-state index is -0.315. The first-order valence-corrected chi connectivity index (χ1v) is 8.23. The first kappa shape index (κ1) is 17.1. The van der Waals surface area contributed by atoms with Gasteiger partial charge in [-0.3, -0.25) is 15.0 Å². The van der Waals surface area contributed by atoms with Gasteiger partial charge in [-0.15, -0.1) is 0 Å². The van der Waals surface area contributed by atoms with Crippen molar-refractivity contribution in [1.29, 1.82) is 0 Å². The molecule has 0 amide bonds. The molecule has 3 rings (SSSR count). The van der Waals surface area contributed by atoms with Crippen molar-refractivity contribution in [3.8, 4) is 0 Å². The zero-order chi connectivity index (χ0) is 17.8. The molecule has 1 unspecified atom stereocenters. The standard InChI is InChI=1S/C17H22N6O2/c1-21(2)17-9-16(18-12-19-17)20-14-7-8-22(11-14)10-13-5-3-4-6-15(13)23(24)25/h3-6,9,12,14H,7-8,10-11H2,1-2H3,(H,18,19,20). The quantitative estimate of drug-likeness (QED) is 0.635. The highest BCUT2D eigenvalue weighted by molar-refractivity contribution is 5.48. The highest BCUT2D eigenvalue weighted by Crippen LogP contribution is 2.23. The van der Waals surface area contributed by atoms with Crippen molar-refractivity contribution in [2.45, 2.75) is 19.0 Å². The topological polar surface area (TPSA) is 87.4 Å². The molecule has 1 aromatic carbocycles. The van der Waals surface area contributed by atoms with Gasteiger partial charge in [-0.1, -0.05) is 18.2 Å². The summed E-state index contributed by atoms with van der Waals surface area (Å²) >= 11 is 0. The highest BCUT2D eigenvalue weighted by Gasteiger charge is 2.25. The zero-order valence-electron chi connectivity index (χ0n) is 14.4. The van der Waals surface area contributed by atoms with Crippen molar-refractivity contribution in [2.75, 3.05) is 37.4 Å². The number of anilines is 2. The van der Waals surface area contributed by atoms with Crippen molar-refractivity contribution in [1.82, 2.24) is 14.9 Å². The maximum atomic E-state index is 11.1. The third-order valence-corrected chi connectivity index (χ3v) is 4.32. The molecule has 1 atom stereocenters. The zero-order valence-corrected chi connectivity index (χ0v) is 14.4. The van der Waals surface area contributed by atoms with Crippen LogP contribution in [0.5, 0.6) is 0 Å². The summed E-state index contributed by atoms with van der Waals surface area (Å²) in [4.78, 5) is 23.5. The van der Waals surface area contributed by atoms with Crippen LogP contribution in [0.2, 0.25) is 0 Å². The van der Waals surface area contributed by atoms with Crippen molar-refractivity contribution >= 4 is 17.3 Å². The predicted octanol–water partition coefficient (Wildman–Crippen LogP) is 2.14. The number of nitro benzene ring substituents is 1. The molecule has 8 heteroatoms. The number of benzene rings is 1. The summed E-state index contributed by atoms with van der Waals surface area (Å²) in [6.07, 6.45) is 2.53. The Labute approximate surface area is 146 Å². The average Bonchev–Trinajstić information content (AvgIpc) is 3.02. The molecule has 0 aliphatic carbocycles. The molecule has 0 saturated carbocycles. The smallest absolute Gasteiger partial charge is 0.273 e. The van der Waals surface area contributed by atoms with Gasteiger partial charge in [-0.2, -0.15) is 0 Å². The monoisotopic (exact) mass is 342 g/mol. The second-order valence-corrected chi connectivity index (χ2v) is 6.41. The molecule has 2 heterocycles. The minimum Gasteiger partial charge on any atom is -0.366 e. The Balaban J connectivity index is 1.61. The summed E-state index contributed by atoms with van der Waals surface area (Å²) in [6, 6.07) is 9.13. The molecule has 1 aliphatic heterocycles. The number of likely N-dealkylation sites (tertiary alicyclic amines) is 1. The number of rotatable bonds is 6. The fraction of sp³-hybridized carbons (Fsp3) is 0.412. The molecule has 0 spiro atoms. The Morgan fingerprint density at radius 3 is 2.92 bits per heavy atom. The van der Waals surface area contributed by atoms with Crippen molar-refractivity contribution in [2.24, 2.45) is 0 Å². The number of nitro groups is 1. The second-order valence-electron chi connectivity index (χ2n) is 6.41. The molecular weight excluding hydrogens is 320 g/mol. The molecule has 1 saturated heterocycles. The molecular formula is C17H22N6O2. The summed E-state index contributed by atoms with van der Waals surface area (Å²) in [5, 5.41) is 14.6. The number of hydrogen-bond acceptors (Lipinski definition) is 7. The van der Waals surface area contributed by atoms with E-state index in [1.165, 1.54) is 0 Å². The summed E-state index contributed by atoms with van der Waals surface area (Å²) in [7, 11) is 3.88. The van der Waals surface area contributed by atoms with E-state index in [-0.39, 0.29) is 16.7 Å². The van der Waals surface area contributed by atoms with Crippen LogP contribution in [0.4, 0.5) is 17.3 Å². The fourth-order valence-electron chi connectivity index (χ4n) is 3.04. The van der Waals surface area contributed by atoms with Crippen LogP contribution in [0.1, 0.15) is 12.0 Å². The molecule has 132 valence electrons. The van der Waals surface area contributed by atoms with Crippen LogP contribution in [0.15, 0.2) is 36.7 Å². The van der Waals surface area contributed by atoms with Crippen LogP contribution in [0.25, 0.3) is 0 Å². The predicted molar refractivity (Wildman–Crippen MR) is 96.8 cm³/mol. The molecule has 25 heavy (non-hydrogen) atoms. The normalized spacial score (nSPS) is 17.4. The Morgan fingerprint density at radius 2 is 2.16 bits per heavy atom. The Bertz CT molecular complexity index is 751. The molecule has 1 aliphatic rings. The van der Waals surface area contributed by atoms with E-state index in [4.69, 9.17) is 0 Å². The van der Waals surface area contributed by atoms with E-state index in [0.29, 0.717) is 6.54 Å². The summed E-state index contributed by atoms with van der Waals surface area (Å²) in [5.74, 6) is 1.66. The van der Waals surface area contributed by atoms with Crippen LogP contribution in [-0.4, -0.2) is 53.0 Å². The third-order valence-electron chi connectivity index (χ3n) is 4.32. The lowest BCUT2D eigenvalue weighted by Crippen LogP contribution is -2.26. The molecule has 1 N–H and O–H groups in total. The first-order chi connectivity index (χ1) is 12.0. The Kier molecular flexibility index (Phi) is 5.08. The largest absolute Gasteiger partial charge is 0.366 e. The average molecular weight is 342 g/mol. The summed E-state index contributed by atoms with van der Waals surface area (Å²) in [6.45, 7) is 2.31. The van der Waals surface area contributed by atoms with Gasteiger partial charge in [0.25, 0.3) is 5.69 Å². The summed E-state index contributed by atoms with van der Waals surface area (Å²) < 4.78 is 0. The Morgan fingerprint density at radius 1 is 1.36 bits per heavy atom. The first-order valence-electron chi connectivity index (χ1n) is 8.23. The maximum Gasteiger partial charge on any atom is 0.273 e. The number of aromatic nitrogens is 2. The van der Waals surface area contributed by atoms with Crippen molar-refractivity contribution in [3.63, 3.8) is 0 Å². The third kappa shape index (κ3) is 4.21. The molecule has 0 bridgehead atoms. The lowest BCUT2D eigenvalue weighted by molar-refractivity contribution is -0.385. The van der Waals surface area contributed by atoms with Crippen molar-refractivity contribution in [3.05, 3.63) is 52.3 Å². The van der Waals surface area contributed by atoms with E-state index >= 15 is 0 Å². The second kappa shape index (κ2) is 7.43. The molecule has 1 fully saturated rings. The van der Waals surface area contributed by atoms with E-state index < -0.39 is 0 Å². The molecule has 1 aromatic heterocycles. The SMILES string of the molecule is CN(C)c1cc(NC2CCN(Cc3ccccc3[N+](=O)[O-])C2)ncn1. The number of nitrogens with one attached hydrogen (secondary N) is 1. The van der Waals surface area contributed by atoms with E-state index in [1.54, 1.807) is 18.5 Å². The summed E-state index contributed by atoms with van der Waals surface area (Å²) in [5.41, 5.74) is 0.940. The fourth-order valence-corrected chi connectivity index (χ4v) is 3.04. The number of nitrogens with zero attached hydrogens (tertiary/aromatic N) is 5. The van der Waals surface area contributed by atoms with Crippen LogP contribution < -0.4 is 10.2 Å². The van der Waals surface area contributed by atoms with E-state index in [1.807, 2.05) is 37.2 Å².